The molecule has 0 bridgehead atoms. The highest BCUT2D eigenvalue weighted by Gasteiger charge is 2.40. The maximum Gasteiger partial charge on any atom is 0.415 e. The average molecular weight is 1470 g/mol. The van der Waals surface area contributed by atoms with Crippen LogP contribution in [0.3, 0.4) is 0 Å². The van der Waals surface area contributed by atoms with E-state index in [0.29, 0.717) is 71.4 Å². The molecule has 6 aromatic carbocycles. The quantitative estimate of drug-likeness (QED) is 0.0115. The van der Waals surface area contributed by atoms with E-state index in [9.17, 15) is 52.7 Å². The van der Waals surface area contributed by atoms with Gasteiger partial charge in [-0.1, -0.05) is 99.6 Å². The Balaban J connectivity index is 0.824. The molecule has 6 atom stereocenters. The molecule has 0 saturated carbocycles. The lowest BCUT2D eigenvalue weighted by molar-refractivity contribution is -0.155. The van der Waals surface area contributed by atoms with Crippen LogP contribution in [0, 0.1) is 5.92 Å². The van der Waals surface area contributed by atoms with Crippen molar-refractivity contribution in [3.8, 4) is 16.9 Å². The number of likely N-dealkylation sites (N-methyl/N-ethyl adjacent to an activating group) is 1. The molecule has 28 nitrogen and oxygen atoms in total. The van der Waals surface area contributed by atoms with Crippen molar-refractivity contribution in [2.45, 2.75) is 148 Å². The van der Waals surface area contributed by atoms with Crippen molar-refractivity contribution < 1.29 is 71.7 Å². The number of nitrogens with two attached hydrogens (primary N) is 1. The molecule has 0 unspecified atom stereocenters. The molecule has 0 radical (unpaired) electrons. The third-order valence-electron chi connectivity index (χ3n) is 18.7. The summed E-state index contributed by atoms with van der Waals surface area (Å²) in [6.07, 6.45) is -1.42. The predicted molar refractivity (Wildman–Crippen MR) is 404 cm³/mol. The van der Waals surface area contributed by atoms with Gasteiger partial charge >= 0.3 is 30.2 Å². The normalized spacial score (nSPS) is 16.2. The van der Waals surface area contributed by atoms with Crippen LogP contribution in [0.5, 0.6) is 5.75 Å². The molecule has 1 aliphatic carbocycles. The number of para-hydroxylation sites is 1. The lowest BCUT2D eigenvalue weighted by Crippen LogP contribution is -2.58. The minimum absolute atomic E-state index is 0.00457. The maximum atomic E-state index is 14.8. The van der Waals surface area contributed by atoms with Crippen molar-refractivity contribution in [3.63, 3.8) is 0 Å². The number of piperazine rings is 1. The maximum absolute atomic E-state index is 14.8. The fourth-order valence-electron chi connectivity index (χ4n) is 13.2. The molecule has 28 heteroatoms. The Bertz CT molecular complexity index is 4120. The molecular weight excluding hydrogens is 1370 g/mol. The number of esters is 1. The van der Waals surface area contributed by atoms with Crippen LogP contribution >= 0.6 is 0 Å². The van der Waals surface area contributed by atoms with Gasteiger partial charge in [0.2, 0.25) is 35.4 Å². The molecule has 0 spiro atoms. The van der Waals surface area contributed by atoms with Gasteiger partial charge in [0, 0.05) is 86.5 Å². The molecule has 568 valence electrons. The van der Waals surface area contributed by atoms with E-state index >= 15 is 0 Å². The average Bonchev–Trinajstić information content (AvgIpc) is 1.74. The summed E-state index contributed by atoms with van der Waals surface area (Å²) in [5.74, 6) is -3.68. The molecular formula is C79H97N13O15. The molecule has 10 N–H and O–H groups in total. The minimum atomic E-state index is -1.39. The number of hydrogen-bond acceptors (Lipinski definition) is 16. The number of carbonyl (C=O) groups is 11. The minimum Gasteiger partial charge on any atom is -0.492 e. The Morgan fingerprint density at radius 3 is 1.92 bits per heavy atom. The van der Waals surface area contributed by atoms with E-state index in [2.05, 4.69) is 47.4 Å². The van der Waals surface area contributed by atoms with Gasteiger partial charge in [0.25, 0.3) is 0 Å². The number of alkyl carbamates (subject to hydrolysis) is 1. The molecule has 3 aliphatic rings. The topological polar surface area (TPSA) is 360 Å². The fourth-order valence-corrected chi connectivity index (χ4v) is 13.2. The van der Waals surface area contributed by atoms with Crippen LogP contribution in [0.1, 0.15) is 128 Å². The third-order valence-corrected chi connectivity index (χ3v) is 18.7. The van der Waals surface area contributed by atoms with E-state index in [4.69, 9.17) is 24.7 Å². The van der Waals surface area contributed by atoms with Crippen LogP contribution in [-0.2, 0) is 54.4 Å². The van der Waals surface area contributed by atoms with E-state index in [1.807, 2.05) is 86.6 Å². The third kappa shape index (κ3) is 21.8. The van der Waals surface area contributed by atoms with Crippen LogP contribution in [0.2, 0.25) is 0 Å². The number of hydrogen-bond donors (Lipinski definition) is 9. The van der Waals surface area contributed by atoms with Gasteiger partial charge in [-0.3, -0.25) is 43.4 Å². The molecule has 12 amide bonds. The number of rotatable bonds is 30. The number of amides is 12. The number of ether oxygens (including phenoxy) is 4. The number of nitrogens with one attached hydrogen (secondary N) is 8. The molecule has 1 saturated heterocycles. The van der Waals surface area contributed by atoms with E-state index < -0.39 is 89.5 Å². The molecule has 2 heterocycles. The molecule has 1 fully saturated rings. The second-order valence-electron chi connectivity index (χ2n) is 28.0. The predicted octanol–water partition coefficient (Wildman–Crippen LogP) is 9.45. The van der Waals surface area contributed by atoms with Gasteiger partial charge in [-0.15, -0.1) is 0 Å². The van der Waals surface area contributed by atoms with Gasteiger partial charge in [0.1, 0.15) is 49.3 Å². The number of primary amides is 1. The van der Waals surface area contributed by atoms with Crippen LogP contribution in [0.4, 0.5) is 47.6 Å². The highest BCUT2D eigenvalue weighted by molar-refractivity contribution is 6.01. The Morgan fingerprint density at radius 2 is 1.27 bits per heavy atom. The first-order chi connectivity index (χ1) is 51.1. The summed E-state index contributed by atoms with van der Waals surface area (Å²) in [5.41, 5.74) is 11.9. The van der Waals surface area contributed by atoms with Crippen molar-refractivity contribution in [2.24, 2.45) is 11.7 Å². The summed E-state index contributed by atoms with van der Waals surface area (Å²) in [5, 5.41) is 21.5. The van der Waals surface area contributed by atoms with Crippen molar-refractivity contribution in [1.29, 1.82) is 0 Å². The SMILES string of the molecule is CCC(=O)N1c2ccccc2[C@H](N(C(=O)OCc2ccc(NC(=O)[C@H](CCCNC(N)=O)NC(=O)[C@@H](NC(=O)[C@H](CCC(=O)OC(C)(C)C)NC(=O)OCC3c4ccccc4-c4ccccc43)C(C)C)cc2)c2ccc(NC(=O)CNC(=O)Nc3ccc(OCCN4CCN(C)C(=O)[C@H]4C)cc3)cc2)C[C@@H]1C. The molecule has 9 rings (SSSR count). The van der Waals surface area contributed by atoms with Crippen molar-refractivity contribution in [2.75, 3.05) is 78.7 Å². The highest BCUT2D eigenvalue weighted by Crippen LogP contribution is 2.45. The Morgan fingerprint density at radius 1 is 0.664 bits per heavy atom. The number of carbonyl (C=O) groups excluding carboxylic acids is 11. The number of nitrogens with zero attached hydrogens (tertiary/aromatic N) is 4. The van der Waals surface area contributed by atoms with Gasteiger partial charge in [-0.25, -0.2) is 19.2 Å². The monoisotopic (exact) mass is 1470 g/mol. The van der Waals surface area contributed by atoms with Crippen LogP contribution in [-0.4, -0.2) is 164 Å². The van der Waals surface area contributed by atoms with E-state index in [-0.39, 0.29) is 88.2 Å². The highest BCUT2D eigenvalue weighted by atomic mass is 16.6. The molecule has 0 aromatic heterocycles. The molecule has 2 aliphatic heterocycles. The zero-order chi connectivity index (χ0) is 77.1. The molecule has 6 aromatic rings. The van der Waals surface area contributed by atoms with Crippen LogP contribution in [0.25, 0.3) is 11.1 Å². The van der Waals surface area contributed by atoms with Crippen LogP contribution in [0.15, 0.2) is 146 Å². The Kier molecular flexibility index (Phi) is 27.5. The number of anilines is 5. The van der Waals surface area contributed by atoms with Crippen LogP contribution < -0.4 is 62.8 Å². The molecule has 107 heavy (non-hydrogen) atoms. The number of urea groups is 2. The van der Waals surface area contributed by atoms with Gasteiger partial charge in [0.05, 0.1) is 18.6 Å². The summed E-state index contributed by atoms with van der Waals surface area (Å²) in [6, 6.07) is 36.1. The number of benzene rings is 6. The second kappa shape index (κ2) is 36.9. The van der Waals surface area contributed by atoms with Crippen molar-refractivity contribution in [3.05, 3.63) is 168 Å². The standard InChI is InChI=1S/C79H97N13O15/c1-10-68(94)91-49(4)44-66(61-22-15-16-24-65(61)91)92(55-33-29-52(30-34-55)83-67(93)45-82-76(101)85-54-31-35-56(36-32-54)104-43-42-90-41-40-89(9)74(99)50(90)5)78(103)106-46-51-25-27-53(28-26-51)84-71(96)63(23-17-39-81-75(80)100)86-73(98)70(48(2)3)88-72(97)64(37-38-69(95)107-79(6,7)8)87-77(102)105-47-62-59-20-13-11-18-57(59)58-19-12-14-21-60(58)62/h11-16,18-22,24-36,48-50,62-64,66,70H,10,17,23,37-47H2,1-9H3,(H,83,93)(H,84,96)(H,86,98)(H,87,102)(H,88,97)(H3,80,81,100)(H2,82,85,101)/t49-,50+,63-,64-,66+,70-/m0/s1. The van der Waals surface area contributed by atoms with Crippen molar-refractivity contribution >= 4 is 94.1 Å². The summed E-state index contributed by atoms with van der Waals surface area (Å²) in [7, 11) is 1.79. The second-order valence-corrected chi connectivity index (χ2v) is 28.0. The fraction of sp³-hybridized carbons (Fsp3) is 0.405. The summed E-state index contributed by atoms with van der Waals surface area (Å²) in [6.45, 7) is 15.8. The van der Waals surface area contributed by atoms with E-state index in [0.717, 1.165) is 28.8 Å². The first kappa shape index (κ1) is 79.6. The Labute approximate surface area is 622 Å². The van der Waals surface area contributed by atoms with Gasteiger partial charge < -0.3 is 77.0 Å². The van der Waals surface area contributed by atoms with Crippen molar-refractivity contribution in [1.82, 2.24) is 36.4 Å². The Hall–Kier alpha value is -11.6. The lowest BCUT2D eigenvalue weighted by Gasteiger charge is -2.43. The van der Waals surface area contributed by atoms with E-state index in [1.54, 1.807) is 131 Å². The number of fused-ring (bicyclic) bond motifs is 4. The van der Waals surface area contributed by atoms with Gasteiger partial charge in [-0.05, 0) is 166 Å². The lowest BCUT2D eigenvalue weighted by atomic mass is 9.90. The first-order valence-electron chi connectivity index (χ1n) is 36.1. The summed E-state index contributed by atoms with van der Waals surface area (Å²) >= 11 is 0. The first-order valence-corrected chi connectivity index (χ1v) is 36.1. The van der Waals surface area contributed by atoms with Gasteiger partial charge in [-0.2, -0.15) is 0 Å². The summed E-state index contributed by atoms with van der Waals surface area (Å²) in [4.78, 5) is 155. The zero-order valence-corrected chi connectivity index (χ0v) is 61.9. The van der Waals surface area contributed by atoms with Gasteiger partial charge in [0.15, 0.2) is 0 Å². The smallest absolute Gasteiger partial charge is 0.415 e. The van der Waals surface area contributed by atoms with E-state index in [1.165, 1.54) is 4.90 Å². The largest absolute Gasteiger partial charge is 0.492 e. The summed E-state index contributed by atoms with van der Waals surface area (Å²) < 4.78 is 23.3. The zero-order valence-electron chi connectivity index (χ0n) is 61.9.